The van der Waals surface area contributed by atoms with Crippen LogP contribution < -0.4 is 18.9 Å². The molecule has 0 aliphatic heterocycles. The third kappa shape index (κ3) is 82.4. The van der Waals surface area contributed by atoms with Crippen LogP contribution in [0.25, 0.3) is 0 Å². The van der Waals surface area contributed by atoms with Gasteiger partial charge in [0.1, 0.15) is 0 Å². The van der Waals surface area contributed by atoms with Crippen LogP contribution in [-0.4, -0.2) is 69.8 Å². The largest absolute Gasteiger partial charge is 2.00 e. The first-order valence-electron chi connectivity index (χ1n) is 0.783. The molecule has 1 radical (unpaired) electrons. The van der Waals surface area contributed by atoms with E-state index in [0.29, 0.717) is 0 Å². The topological polar surface area (TPSA) is 77.8 Å². The summed E-state index contributed by atoms with van der Waals surface area (Å²) < 4.78 is 8.88. The third-order valence-electron chi connectivity index (χ3n) is 0. The van der Waals surface area contributed by atoms with Crippen LogP contribution in [0.15, 0.2) is 0 Å². The van der Waals surface area contributed by atoms with Crippen molar-refractivity contribution >= 4 is 62.9 Å². The normalized spacial score (nSPS) is 6.56. The van der Waals surface area contributed by atoms with Crippen LogP contribution in [0.1, 0.15) is 4.28 Å². The molecule has 0 atom stereocenters. The molecule has 0 rings (SSSR count). The number of hydrogen-bond donors (Lipinski definition) is 3. The van der Waals surface area contributed by atoms with E-state index >= 15 is 0 Å². The van der Waals surface area contributed by atoms with Gasteiger partial charge in [0.15, 0.2) is 17.4 Å². The van der Waals surface area contributed by atoms with Crippen molar-refractivity contribution in [2.24, 2.45) is 0 Å². The molecule has 0 unspecified atom stereocenters. The zero-order valence-corrected chi connectivity index (χ0v) is 10.4. The van der Waals surface area contributed by atoms with Gasteiger partial charge in [0.25, 0.3) is 0 Å². The van der Waals surface area contributed by atoms with Crippen LogP contribution in [0.4, 0.5) is 0 Å². The summed E-state index contributed by atoms with van der Waals surface area (Å²) in [5.41, 5.74) is 0. The molecule has 0 spiro atoms. The van der Waals surface area contributed by atoms with Crippen LogP contribution in [0.3, 0.4) is 0 Å². The minimum atomic E-state index is -4.64. The fourth-order valence-electron chi connectivity index (χ4n) is 0. The Labute approximate surface area is 135 Å². The van der Waals surface area contributed by atoms with Gasteiger partial charge >= 0.3 is 64.4 Å². The molecule has 0 saturated carbocycles. The van der Waals surface area contributed by atoms with Gasteiger partial charge in [-0.25, -0.2) is 4.57 Å². The summed E-state index contributed by atoms with van der Waals surface area (Å²) >= 11 is 0. The molecule has 0 heterocycles. The van der Waals surface area contributed by atoms with E-state index in [0.717, 1.165) is 0 Å². The van der Waals surface area contributed by atoms with Crippen LogP contribution in [0, 0.1) is 0 Å². The number of rotatable bonds is 0. The van der Waals surface area contributed by atoms with Gasteiger partial charge in [0.2, 0.25) is 0 Å². The Balaban J connectivity index is -0.00000000381. The third-order valence-corrected chi connectivity index (χ3v) is 0. The van der Waals surface area contributed by atoms with E-state index in [1.807, 2.05) is 0 Å². The van der Waals surface area contributed by atoms with Gasteiger partial charge in [-0.2, -0.15) is 0 Å². The summed E-state index contributed by atoms with van der Waals surface area (Å²) in [6.07, 6.45) is 0. The predicted molar refractivity (Wildman–Crippen MR) is 33.3 cm³/mol. The zero-order valence-electron chi connectivity index (χ0n) is 7.48. The van der Waals surface area contributed by atoms with Crippen LogP contribution >= 0.6 is 7.82 Å². The second-order valence-corrected chi connectivity index (χ2v) is 1.54. The van der Waals surface area contributed by atoms with Crippen molar-refractivity contribution in [2.45, 2.75) is 0 Å². The van der Waals surface area contributed by atoms with Crippen molar-refractivity contribution in [3.63, 3.8) is 0 Å². The average molecular weight is 267 g/mol. The molecule has 47 valence electrons. The molecule has 0 aliphatic rings. The monoisotopic (exact) mass is 267 g/mol. The molecule has 0 amide bonds. The molecular weight excluding hydrogens is 258 g/mol. The van der Waals surface area contributed by atoms with Crippen molar-refractivity contribution in [1.29, 1.82) is 0 Å². The quantitative estimate of drug-likeness (QED) is 0.303. The Hall–Kier alpha value is 3.60. The molecule has 0 fully saturated rings. The minimum absolute atomic E-state index is 0. The number of phosphoric acid groups is 1. The molecule has 0 saturated heterocycles. The van der Waals surface area contributed by atoms with E-state index in [-0.39, 0.29) is 111 Å². The van der Waals surface area contributed by atoms with Gasteiger partial charge in [0.05, 0.1) is 0 Å². The van der Waals surface area contributed by atoms with Crippen LogP contribution in [0.2, 0.25) is 0 Å². The molecule has 3 N–H and O–H groups in total. The van der Waals surface area contributed by atoms with E-state index in [1.54, 1.807) is 0 Å². The Morgan fingerprint density at radius 2 is 1.22 bits per heavy atom. The molecule has 0 aromatic rings. The second-order valence-electron chi connectivity index (χ2n) is 0.513. The van der Waals surface area contributed by atoms with E-state index in [9.17, 15) is 0 Å². The van der Waals surface area contributed by atoms with Gasteiger partial charge in [-0.3, -0.25) is 0 Å². The maximum atomic E-state index is 8.88. The summed E-state index contributed by atoms with van der Waals surface area (Å²) in [6, 6.07) is 0. The second kappa shape index (κ2) is 14.1. The van der Waals surface area contributed by atoms with Gasteiger partial charge in [-0.05, 0) is 0 Å². The van der Waals surface area contributed by atoms with Crippen LogP contribution in [-0.2, 0) is 37.3 Å². The Bertz CT molecular complexity index is 76.4. The van der Waals surface area contributed by atoms with Gasteiger partial charge in [0, 0.05) is 32.7 Å². The van der Waals surface area contributed by atoms with Gasteiger partial charge in [-0.15, -0.1) is 0 Å². The Morgan fingerprint density at radius 1 is 1.22 bits per heavy atom. The average Bonchev–Trinajstić information content (AvgIpc) is 0.722. The summed E-state index contributed by atoms with van der Waals surface area (Å²) in [5, 5.41) is 0. The van der Waals surface area contributed by atoms with Crippen molar-refractivity contribution in [3.8, 4) is 0 Å². The van der Waals surface area contributed by atoms with Gasteiger partial charge < -0.3 is 19.0 Å². The Morgan fingerprint density at radius 3 is 1.22 bits per heavy atom. The summed E-state index contributed by atoms with van der Waals surface area (Å²) in [5.74, 6) is 0. The molecule has 0 bridgehead atoms. The predicted octanol–water partition coefficient (Wildman–Crippen LogP) is -5.15. The maximum Gasteiger partial charge on any atom is 2.00 e. The fraction of sp³-hybridized carbons (Fsp3) is 0. The van der Waals surface area contributed by atoms with E-state index in [2.05, 4.69) is 0 Å². The van der Waals surface area contributed by atoms with E-state index < -0.39 is 7.82 Å². The maximum absolute atomic E-state index is 8.88. The molecule has 4 nitrogen and oxygen atoms in total. The zero-order chi connectivity index (χ0) is 4.50. The van der Waals surface area contributed by atoms with Gasteiger partial charge in [-0.1, -0.05) is 0 Å². The standard InChI is InChI=1S/Al.Ca.Li.H3O4P.Y.6H/c;;;1-5(2,3)4;;;;;;;/h;;;(H3,1,2,3,4);;;;;;;/q;+2;+1;;;;;;3*-1. The molecule has 0 aromatic carbocycles. The molecular formula is H9AlCaLiO4PY. The van der Waals surface area contributed by atoms with Crippen molar-refractivity contribution in [1.82, 2.24) is 0 Å². The van der Waals surface area contributed by atoms with E-state index in [4.69, 9.17) is 19.2 Å². The minimum Gasteiger partial charge on any atom is -1.00 e. The molecule has 0 aliphatic carbocycles. The summed E-state index contributed by atoms with van der Waals surface area (Å²) in [4.78, 5) is 21.6. The van der Waals surface area contributed by atoms with Crippen molar-refractivity contribution in [2.75, 3.05) is 0 Å². The smallest absolute Gasteiger partial charge is 1.00 e. The summed E-state index contributed by atoms with van der Waals surface area (Å²) in [6.45, 7) is 0. The SMILES string of the molecule is O=P(O)(O)O.[AlH3].[Ca+2].[H-].[H-].[H-].[Li+].[Y]. The molecule has 9 heteroatoms. The van der Waals surface area contributed by atoms with Crippen molar-refractivity contribution < 1.29 is 75.1 Å². The number of hydrogen-bond acceptors (Lipinski definition) is 1. The first-order valence-corrected chi connectivity index (χ1v) is 2.35. The Kier molecular flexibility index (Phi) is 46.1. The van der Waals surface area contributed by atoms with Crippen LogP contribution in [0.5, 0.6) is 0 Å². The molecule has 9 heavy (non-hydrogen) atoms. The molecule has 0 aromatic heterocycles. The fourth-order valence-corrected chi connectivity index (χ4v) is 0. The first kappa shape index (κ1) is 29.4. The first-order chi connectivity index (χ1) is 2.00. The van der Waals surface area contributed by atoms with Crippen molar-refractivity contribution in [3.05, 3.63) is 0 Å². The summed E-state index contributed by atoms with van der Waals surface area (Å²) in [7, 11) is -4.64. The van der Waals surface area contributed by atoms with E-state index in [1.165, 1.54) is 0 Å².